The van der Waals surface area contributed by atoms with Crippen molar-refractivity contribution in [2.24, 2.45) is 7.05 Å². The molecule has 0 saturated carbocycles. The van der Waals surface area contributed by atoms with Gasteiger partial charge in [0.25, 0.3) is 0 Å². The van der Waals surface area contributed by atoms with Gasteiger partial charge >= 0.3 is 0 Å². The number of carbonyl (C=O) groups excluding carboxylic acids is 1. The zero-order valence-electron chi connectivity index (χ0n) is 16.3. The largest absolute Gasteiger partial charge is 0.486 e. The maximum atomic E-state index is 12.8. The van der Waals surface area contributed by atoms with E-state index in [0.717, 1.165) is 12.1 Å². The number of ether oxygens (including phenoxy) is 1. The summed E-state index contributed by atoms with van der Waals surface area (Å²) in [5.41, 5.74) is 0.533. The van der Waals surface area contributed by atoms with Crippen LogP contribution in [-0.2, 0) is 28.3 Å². The quantitative estimate of drug-likeness (QED) is 0.676. The number of aryl methyl sites for hydroxylation is 1. The number of nitrogens with zero attached hydrogens (tertiary/aromatic N) is 2. The van der Waals surface area contributed by atoms with Gasteiger partial charge in [-0.05, 0) is 50.2 Å². The van der Waals surface area contributed by atoms with Gasteiger partial charge in [-0.1, -0.05) is 0 Å². The Balaban J connectivity index is 0.00000210. The van der Waals surface area contributed by atoms with E-state index in [1.807, 2.05) is 17.8 Å². The molecule has 1 aromatic heterocycles. The van der Waals surface area contributed by atoms with E-state index in [1.165, 1.54) is 0 Å². The van der Waals surface area contributed by atoms with E-state index in [9.17, 15) is 13.2 Å². The number of rotatable bonds is 6. The van der Waals surface area contributed by atoms with Crippen molar-refractivity contribution in [3.63, 3.8) is 0 Å². The second kappa shape index (κ2) is 10.3. The summed E-state index contributed by atoms with van der Waals surface area (Å²) in [6.07, 6.45) is 5.21. The fourth-order valence-electron chi connectivity index (χ4n) is 3.16. The first-order valence-electron chi connectivity index (χ1n) is 8.73. The molecule has 1 amide bonds. The van der Waals surface area contributed by atoms with Crippen molar-refractivity contribution in [3.05, 3.63) is 42.5 Å². The Kier molecular flexibility index (Phi) is 8.95. The Morgan fingerprint density at radius 2 is 1.86 bits per heavy atom. The molecule has 2 aromatic rings. The molecule has 0 bridgehead atoms. The van der Waals surface area contributed by atoms with Crippen molar-refractivity contribution in [1.82, 2.24) is 14.9 Å². The first kappa shape index (κ1) is 25.2. The molecular weight excluding hydrogens is 439 g/mol. The molecule has 2 N–H and O–H groups in total. The summed E-state index contributed by atoms with van der Waals surface area (Å²) in [7, 11) is -1.65. The molecule has 0 aliphatic carbocycles. The zero-order chi connectivity index (χ0) is 19.5. The van der Waals surface area contributed by atoms with Gasteiger partial charge in [0.15, 0.2) is 14.6 Å². The minimum atomic E-state index is -3.54. The van der Waals surface area contributed by atoms with Crippen LogP contribution in [0.25, 0.3) is 0 Å². The Morgan fingerprint density at radius 3 is 2.38 bits per heavy atom. The Labute approximate surface area is 183 Å². The van der Waals surface area contributed by atoms with E-state index in [0.29, 0.717) is 31.1 Å². The number of carbonyl (C=O) groups is 1. The number of amides is 1. The molecule has 8 nitrogen and oxygen atoms in total. The first-order valence-corrected chi connectivity index (χ1v) is 10.6. The highest BCUT2D eigenvalue weighted by Gasteiger charge is 2.48. The molecule has 3 rings (SSSR count). The third kappa shape index (κ3) is 5.63. The summed E-state index contributed by atoms with van der Waals surface area (Å²) < 4.78 is 30.8. The summed E-state index contributed by atoms with van der Waals surface area (Å²) in [5, 5.41) is 5.85. The molecular formula is C18H26Cl2N4O4S. The molecule has 162 valence electrons. The molecule has 0 unspecified atom stereocenters. The second-order valence-electron chi connectivity index (χ2n) is 6.74. The van der Waals surface area contributed by atoms with E-state index >= 15 is 0 Å². The van der Waals surface area contributed by atoms with Gasteiger partial charge in [-0.25, -0.2) is 13.4 Å². The van der Waals surface area contributed by atoms with Crippen LogP contribution in [-0.4, -0.2) is 48.0 Å². The predicted octanol–water partition coefficient (Wildman–Crippen LogP) is 1.95. The number of benzene rings is 1. The lowest BCUT2D eigenvalue weighted by Gasteiger charge is -2.34. The van der Waals surface area contributed by atoms with Crippen molar-refractivity contribution in [1.29, 1.82) is 0 Å². The van der Waals surface area contributed by atoms with Crippen LogP contribution in [0, 0.1) is 0 Å². The fourth-order valence-corrected chi connectivity index (χ4v) is 4.49. The molecule has 2 heterocycles. The van der Waals surface area contributed by atoms with Crippen molar-refractivity contribution in [2.45, 2.75) is 24.2 Å². The lowest BCUT2D eigenvalue weighted by atomic mass is 9.95. The number of anilines is 1. The topological polar surface area (TPSA) is 102 Å². The van der Waals surface area contributed by atoms with Gasteiger partial charge in [-0.15, -0.1) is 24.8 Å². The predicted molar refractivity (Wildman–Crippen MR) is 117 cm³/mol. The molecule has 29 heavy (non-hydrogen) atoms. The third-order valence-corrected chi connectivity index (χ3v) is 6.95. The van der Waals surface area contributed by atoms with Crippen LogP contribution >= 0.6 is 24.8 Å². The molecule has 1 aliphatic heterocycles. The van der Waals surface area contributed by atoms with Gasteiger partial charge in [0.1, 0.15) is 18.2 Å². The highest BCUT2D eigenvalue weighted by Crippen LogP contribution is 2.29. The number of sulfone groups is 1. The van der Waals surface area contributed by atoms with Crippen molar-refractivity contribution < 1.29 is 17.9 Å². The number of nitrogens with one attached hydrogen (secondary N) is 2. The van der Waals surface area contributed by atoms with E-state index in [2.05, 4.69) is 15.6 Å². The minimum absolute atomic E-state index is 0. The fraction of sp³-hybridized carbons (Fsp3) is 0.444. The lowest BCUT2D eigenvalue weighted by molar-refractivity contribution is -0.119. The molecule has 0 radical (unpaired) electrons. The third-order valence-electron chi connectivity index (χ3n) is 4.94. The average molecular weight is 465 g/mol. The van der Waals surface area contributed by atoms with Crippen LogP contribution in [0.2, 0.25) is 0 Å². The van der Waals surface area contributed by atoms with Gasteiger partial charge in [-0.2, -0.15) is 0 Å². The van der Waals surface area contributed by atoms with Crippen LogP contribution in [0.5, 0.6) is 5.75 Å². The number of hydrogen-bond donors (Lipinski definition) is 2. The summed E-state index contributed by atoms with van der Waals surface area (Å²) in [5.74, 6) is 0.956. The monoisotopic (exact) mass is 464 g/mol. The zero-order valence-corrected chi connectivity index (χ0v) is 18.7. The molecule has 11 heteroatoms. The summed E-state index contributed by atoms with van der Waals surface area (Å²) in [6, 6.07) is 6.85. The van der Waals surface area contributed by atoms with Crippen LogP contribution in [0.4, 0.5) is 5.69 Å². The van der Waals surface area contributed by atoms with Crippen LogP contribution in [0.3, 0.4) is 0 Å². The van der Waals surface area contributed by atoms with Gasteiger partial charge in [0, 0.05) is 31.4 Å². The van der Waals surface area contributed by atoms with E-state index in [4.69, 9.17) is 4.74 Å². The Morgan fingerprint density at radius 1 is 1.24 bits per heavy atom. The number of hydrogen-bond acceptors (Lipinski definition) is 6. The number of imidazole rings is 1. The summed E-state index contributed by atoms with van der Waals surface area (Å²) in [4.78, 5) is 17.0. The SMILES string of the molecule is Cl.Cl.Cn1ccnc1COc1ccc(NC(=O)C2(S(C)(=O)=O)CCNCC2)cc1. The summed E-state index contributed by atoms with van der Waals surface area (Å²) >= 11 is 0. The molecule has 1 aromatic carbocycles. The normalized spacial score (nSPS) is 15.5. The molecule has 0 spiro atoms. The lowest BCUT2D eigenvalue weighted by Crippen LogP contribution is -2.55. The van der Waals surface area contributed by atoms with Crippen molar-refractivity contribution >= 4 is 46.2 Å². The van der Waals surface area contributed by atoms with Gasteiger partial charge in [0.2, 0.25) is 5.91 Å². The maximum Gasteiger partial charge on any atom is 0.245 e. The molecule has 1 saturated heterocycles. The number of aromatic nitrogens is 2. The summed E-state index contributed by atoms with van der Waals surface area (Å²) in [6.45, 7) is 1.33. The van der Waals surface area contributed by atoms with E-state index < -0.39 is 20.5 Å². The number of halogens is 2. The van der Waals surface area contributed by atoms with Gasteiger partial charge in [0.05, 0.1) is 0 Å². The number of piperidine rings is 1. The van der Waals surface area contributed by atoms with E-state index in [1.54, 1.807) is 30.5 Å². The first-order chi connectivity index (χ1) is 12.8. The van der Waals surface area contributed by atoms with Crippen LogP contribution in [0.1, 0.15) is 18.7 Å². The van der Waals surface area contributed by atoms with E-state index in [-0.39, 0.29) is 37.7 Å². The standard InChI is InChI=1S/C18H24N4O4S.2ClH/c1-22-12-11-20-16(22)13-26-15-5-3-14(4-6-15)21-17(23)18(27(2,24)25)7-9-19-10-8-18;;/h3-6,11-12,19H,7-10,13H2,1-2H3,(H,21,23);2*1H. The average Bonchev–Trinajstić information content (AvgIpc) is 3.05. The highest BCUT2D eigenvalue weighted by molar-refractivity contribution is 7.92. The molecule has 1 aliphatic rings. The van der Waals surface area contributed by atoms with Crippen molar-refractivity contribution in [2.75, 3.05) is 24.7 Å². The smallest absolute Gasteiger partial charge is 0.245 e. The van der Waals surface area contributed by atoms with Gasteiger partial charge < -0.3 is 19.9 Å². The molecule has 1 fully saturated rings. The van der Waals surface area contributed by atoms with Gasteiger partial charge in [-0.3, -0.25) is 4.79 Å². The van der Waals surface area contributed by atoms with Crippen LogP contribution in [0.15, 0.2) is 36.7 Å². The van der Waals surface area contributed by atoms with Crippen molar-refractivity contribution in [3.8, 4) is 5.75 Å². The Hall–Kier alpha value is -1.81. The highest BCUT2D eigenvalue weighted by atomic mass is 35.5. The second-order valence-corrected chi connectivity index (χ2v) is 9.06. The maximum absolute atomic E-state index is 12.8. The minimum Gasteiger partial charge on any atom is -0.486 e. The Bertz CT molecular complexity index is 910. The van der Waals surface area contributed by atoms with Crippen LogP contribution < -0.4 is 15.4 Å². The molecule has 0 atom stereocenters.